The van der Waals surface area contributed by atoms with E-state index < -0.39 is 23.1 Å². The number of nitrogens with one attached hydrogen (secondary N) is 1. The van der Waals surface area contributed by atoms with Gasteiger partial charge in [-0.1, -0.05) is 24.3 Å². The van der Waals surface area contributed by atoms with Crippen LogP contribution in [-0.2, 0) is 19.3 Å². The number of ether oxygens (including phenoxy) is 1. The van der Waals surface area contributed by atoms with Crippen LogP contribution in [0.2, 0.25) is 0 Å². The number of aromatic nitrogens is 3. The summed E-state index contributed by atoms with van der Waals surface area (Å²) in [4.78, 5) is 29.1. The summed E-state index contributed by atoms with van der Waals surface area (Å²) in [6.45, 7) is 3.49. The summed E-state index contributed by atoms with van der Waals surface area (Å²) in [6.07, 6.45) is -3.16. The molecule has 1 heterocycles. The molecule has 0 aliphatic heterocycles. The van der Waals surface area contributed by atoms with Crippen LogP contribution in [-0.4, -0.2) is 21.2 Å². The van der Waals surface area contributed by atoms with Crippen LogP contribution in [0.3, 0.4) is 0 Å². The highest BCUT2D eigenvalue weighted by Crippen LogP contribution is 2.31. The fraction of sp³-hybridized carbons (Fsp3) is 0.190. The highest BCUT2D eigenvalue weighted by molar-refractivity contribution is 5.55. The Morgan fingerprint density at radius 3 is 2.45 bits per heavy atom. The first kappa shape index (κ1) is 21.9. The molecule has 31 heavy (non-hydrogen) atoms. The quantitative estimate of drug-likeness (QED) is 0.579. The number of anilines is 2. The number of halogens is 3. The van der Waals surface area contributed by atoms with Crippen LogP contribution in [0.25, 0.3) is 0 Å². The van der Waals surface area contributed by atoms with E-state index in [9.17, 15) is 22.8 Å². The number of hydrogen-bond donors (Lipinski definition) is 1. The van der Waals surface area contributed by atoms with Crippen LogP contribution >= 0.6 is 0 Å². The van der Waals surface area contributed by atoms with Crippen molar-refractivity contribution in [3.05, 3.63) is 93.3 Å². The van der Waals surface area contributed by atoms with Crippen molar-refractivity contribution in [3.8, 4) is 5.75 Å². The van der Waals surface area contributed by atoms with Gasteiger partial charge in [0.05, 0.1) is 25.8 Å². The first-order chi connectivity index (χ1) is 14.7. The zero-order valence-corrected chi connectivity index (χ0v) is 16.5. The molecule has 0 aliphatic carbocycles. The molecule has 2 aromatic carbocycles. The molecule has 1 aromatic heterocycles. The molecule has 0 radical (unpaired) electrons. The topological polar surface area (TPSA) is 78.2 Å². The molecule has 0 atom stereocenters. The third-order valence-corrected chi connectivity index (χ3v) is 4.41. The Hall–Kier alpha value is -3.82. The molecule has 0 fully saturated rings. The van der Waals surface area contributed by atoms with E-state index >= 15 is 0 Å². The van der Waals surface area contributed by atoms with Gasteiger partial charge in [0.1, 0.15) is 5.75 Å². The first-order valence-corrected chi connectivity index (χ1v) is 9.12. The fourth-order valence-corrected chi connectivity index (χ4v) is 2.87. The lowest BCUT2D eigenvalue weighted by atomic mass is 10.2. The van der Waals surface area contributed by atoms with Crippen LogP contribution in [0.1, 0.15) is 11.1 Å². The maximum absolute atomic E-state index is 13.0. The minimum Gasteiger partial charge on any atom is -0.497 e. The molecule has 0 aliphatic rings. The maximum atomic E-state index is 13.0. The van der Waals surface area contributed by atoms with Crippen LogP contribution in [0.4, 0.5) is 24.8 Å². The minimum atomic E-state index is -4.54. The standard InChI is InChI=1S/C21H19F3N4O3/c1-3-11-27-19(29)26-18(25-16-6-4-5-15(12-16)21(22,23)24)28(20(27)30)13-14-7-9-17(31-2)10-8-14/h3-10,12H,1,11,13H2,2H3,(H,25,26,29). The van der Waals surface area contributed by atoms with Crippen molar-refractivity contribution in [2.45, 2.75) is 19.3 Å². The van der Waals surface area contributed by atoms with Crippen LogP contribution in [0.5, 0.6) is 5.75 Å². The number of hydrogen-bond acceptors (Lipinski definition) is 5. The molecular weight excluding hydrogens is 413 g/mol. The lowest BCUT2D eigenvalue weighted by molar-refractivity contribution is -0.137. The summed E-state index contributed by atoms with van der Waals surface area (Å²) in [5.74, 6) is 0.443. The van der Waals surface area contributed by atoms with E-state index in [0.29, 0.717) is 11.3 Å². The van der Waals surface area contributed by atoms with Crippen molar-refractivity contribution in [1.82, 2.24) is 14.1 Å². The number of methoxy groups -OCH3 is 1. The van der Waals surface area contributed by atoms with Gasteiger partial charge in [-0.05, 0) is 35.9 Å². The number of rotatable bonds is 7. The third kappa shape index (κ3) is 5.03. The summed E-state index contributed by atoms with van der Waals surface area (Å²) in [5.41, 5.74) is -1.66. The van der Waals surface area contributed by atoms with Crippen LogP contribution in [0.15, 0.2) is 70.8 Å². The molecule has 162 valence electrons. The Morgan fingerprint density at radius 2 is 1.84 bits per heavy atom. The average Bonchev–Trinajstić information content (AvgIpc) is 2.74. The summed E-state index contributed by atoms with van der Waals surface area (Å²) >= 11 is 0. The molecule has 7 nitrogen and oxygen atoms in total. The second-order valence-electron chi connectivity index (χ2n) is 6.54. The van der Waals surface area contributed by atoms with Gasteiger partial charge in [0.15, 0.2) is 0 Å². The smallest absolute Gasteiger partial charge is 0.416 e. The van der Waals surface area contributed by atoms with Crippen LogP contribution in [0, 0.1) is 0 Å². The Balaban J connectivity index is 2.07. The third-order valence-electron chi connectivity index (χ3n) is 4.41. The highest BCUT2D eigenvalue weighted by Gasteiger charge is 2.30. The van der Waals surface area contributed by atoms with Gasteiger partial charge in [-0.25, -0.2) is 14.2 Å². The molecular formula is C21H19F3N4O3. The van der Waals surface area contributed by atoms with E-state index in [0.717, 1.165) is 16.7 Å². The predicted molar refractivity (Wildman–Crippen MR) is 110 cm³/mol. The number of benzene rings is 2. The molecule has 10 heteroatoms. The molecule has 0 bridgehead atoms. The molecule has 0 saturated heterocycles. The molecule has 0 spiro atoms. The fourth-order valence-electron chi connectivity index (χ4n) is 2.87. The second kappa shape index (κ2) is 8.90. The summed E-state index contributed by atoms with van der Waals surface area (Å²) in [7, 11) is 1.52. The van der Waals surface area contributed by atoms with Gasteiger partial charge in [0.2, 0.25) is 5.95 Å². The van der Waals surface area contributed by atoms with E-state index in [1.54, 1.807) is 24.3 Å². The Morgan fingerprint density at radius 1 is 1.13 bits per heavy atom. The monoisotopic (exact) mass is 432 g/mol. The van der Waals surface area contributed by atoms with Crippen molar-refractivity contribution in [1.29, 1.82) is 0 Å². The number of allylic oxidation sites excluding steroid dienone is 1. The van der Waals surface area contributed by atoms with Gasteiger partial charge < -0.3 is 10.1 Å². The van der Waals surface area contributed by atoms with Crippen molar-refractivity contribution < 1.29 is 17.9 Å². The molecule has 0 amide bonds. The zero-order valence-electron chi connectivity index (χ0n) is 16.5. The van der Waals surface area contributed by atoms with E-state index in [2.05, 4.69) is 16.9 Å². The van der Waals surface area contributed by atoms with Gasteiger partial charge in [0, 0.05) is 5.69 Å². The summed E-state index contributed by atoms with van der Waals surface area (Å²) < 4.78 is 46.3. The average molecular weight is 432 g/mol. The SMILES string of the molecule is C=CCn1c(=O)nc(Nc2cccc(C(F)(F)F)c2)n(Cc2ccc(OC)cc2)c1=O. The Bertz CT molecular complexity index is 1200. The van der Waals surface area contributed by atoms with Gasteiger partial charge in [0.25, 0.3) is 0 Å². The maximum Gasteiger partial charge on any atom is 0.416 e. The van der Waals surface area contributed by atoms with Crippen molar-refractivity contribution in [3.63, 3.8) is 0 Å². The molecule has 3 rings (SSSR count). The second-order valence-corrected chi connectivity index (χ2v) is 6.54. The lowest BCUT2D eigenvalue weighted by Gasteiger charge is -2.16. The van der Waals surface area contributed by atoms with Gasteiger partial charge in [-0.3, -0.25) is 4.57 Å². The van der Waals surface area contributed by atoms with Gasteiger partial charge in [-0.2, -0.15) is 18.2 Å². The Labute approximate surface area is 175 Å². The van der Waals surface area contributed by atoms with Crippen molar-refractivity contribution in [2.75, 3.05) is 12.4 Å². The van der Waals surface area contributed by atoms with E-state index in [4.69, 9.17) is 4.74 Å². The van der Waals surface area contributed by atoms with Crippen molar-refractivity contribution in [2.24, 2.45) is 0 Å². The van der Waals surface area contributed by atoms with Gasteiger partial charge in [-0.15, -0.1) is 6.58 Å². The number of nitrogens with zero attached hydrogens (tertiary/aromatic N) is 3. The lowest BCUT2D eigenvalue weighted by Crippen LogP contribution is -2.42. The van der Waals surface area contributed by atoms with E-state index in [1.807, 2.05) is 0 Å². The zero-order chi connectivity index (χ0) is 22.6. The molecule has 3 aromatic rings. The minimum absolute atomic E-state index is 0.0224. The molecule has 0 unspecified atom stereocenters. The molecule has 1 N–H and O–H groups in total. The van der Waals surface area contributed by atoms with Gasteiger partial charge >= 0.3 is 17.6 Å². The Kier molecular flexibility index (Phi) is 6.28. The van der Waals surface area contributed by atoms with E-state index in [1.165, 1.54) is 29.9 Å². The normalized spacial score (nSPS) is 11.2. The summed E-state index contributed by atoms with van der Waals surface area (Å²) in [6, 6.07) is 11.3. The highest BCUT2D eigenvalue weighted by atomic mass is 19.4. The summed E-state index contributed by atoms with van der Waals surface area (Å²) in [5, 5.41) is 2.67. The largest absolute Gasteiger partial charge is 0.497 e. The first-order valence-electron chi connectivity index (χ1n) is 9.12. The van der Waals surface area contributed by atoms with E-state index in [-0.39, 0.29) is 24.7 Å². The predicted octanol–water partition coefficient (Wildman–Crippen LogP) is 3.41. The van der Waals surface area contributed by atoms with Crippen LogP contribution < -0.4 is 21.4 Å². The van der Waals surface area contributed by atoms with Crippen molar-refractivity contribution >= 4 is 11.6 Å². The molecule has 0 saturated carbocycles. The number of alkyl halides is 3.